The Morgan fingerprint density at radius 2 is 1.67 bits per heavy atom. The van der Waals surface area contributed by atoms with Crippen LogP contribution in [0.15, 0.2) is 42.5 Å². The second kappa shape index (κ2) is 5.45. The molecule has 2 aromatic carbocycles. The minimum Gasteiger partial charge on any atom is -0.398 e. The Morgan fingerprint density at radius 3 is 2.22 bits per heavy atom. The molecule has 0 bridgehead atoms. The summed E-state index contributed by atoms with van der Waals surface area (Å²) in [4.78, 5) is 0. The van der Waals surface area contributed by atoms with Crippen LogP contribution in [0.4, 0.5) is 5.69 Å². The lowest BCUT2D eigenvalue weighted by atomic mass is 9.96. The average molecular weight is 260 g/mol. The van der Waals surface area contributed by atoms with Crippen LogP contribution in [-0.2, 0) is 0 Å². The number of nitrogens with two attached hydrogens (primary N) is 1. The smallest absolute Gasteiger partial charge is 0.0641 e. The molecule has 18 heavy (non-hydrogen) atoms. The zero-order valence-electron chi connectivity index (χ0n) is 10.8. The van der Waals surface area contributed by atoms with E-state index in [9.17, 15) is 0 Å². The molecule has 0 amide bonds. The van der Waals surface area contributed by atoms with E-state index in [0.717, 1.165) is 12.0 Å². The third-order valence-electron chi connectivity index (χ3n) is 3.43. The number of halogens is 1. The lowest BCUT2D eigenvalue weighted by Gasteiger charge is -2.10. The predicted octanol–water partition coefficient (Wildman–Crippen LogP) is 5.10. The third-order valence-corrected chi connectivity index (χ3v) is 3.75. The van der Waals surface area contributed by atoms with Crippen LogP contribution in [0, 0.1) is 0 Å². The maximum absolute atomic E-state index is 6.04. The van der Waals surface area contributed by atoms with Crippen molar-refractivity contribution in [3.05, 3.63) is 53.1 Å². The van der Waals surface area contributed by atoms with Gasteiger partial charge < -0.3 is 5.73 Å². The molecule has 2 N–H and O–H groups in total. The molecule has 0 saturated heterocycles. The fourth-order valence-electron chi connectivity index (χ4n) is 1.95. The molecule has 0 spiro atoms. The van der Waals surface area contributed by atoms with Crippen LogP contribution >= 0.6 is 11.6 Å². The summed E-state index contributed by atoms with van der Waals surface area (Å²) in [6.07, 6.45) is 1.16. The summed E-state index contributed by atoms with van der Waals surface area (Å²) in [7, 11) is 0. The Kier molecular flexibility index (Phi) is 3.93. The van der Waals surface area contributed by atoms with E-state index in [0.29, 0.717) is 16.6 Å². The molecule has 0 aliphatic carbocycles. The maximum Gasteiger partial charge on any atom is 0.0641 e. The van der Waals surface area contributed by atoms with E-state index in [1.165, 1.54) is 11.1 Å². The molecule has 0 aliphatic rings. The summed E-state index contributed by atoms with van der Waals surface area (Å²) < 4.78 is 0. The molecule has 2 aromatic rings. The normalized spacial score (nSPS) is 12.4. The molecule has 1 nitrogen and oxygen atoms in total. The highest BCUT2D eigenvalue weighted by molar-refractivity contribution is 6.33. The number of nitrogen functional groups attached to an aromatic ring is 1. The molecule has 94 valence electrons. The van der Waals surface area contributed by atoms with Crippen LogP contribution in [0.3, 0.4) is 0 Å². The Morgan fingerprint density at radius 1 is 1.06 bits per heavy atom. The van der Waals surface area contributed by atoms with Gasteiger partial charge in [0.25, 0.3) is 0 Å². The fraction of sp³-hybridized carbons (Fsp3) is 0.250. The van der Waals surface area contributed by atoms with Crippen molar-refractivity contribution < 1.29 is 0 Å². The first-order chi connectivity index (χ1) is 8.61. The molecule has 0 heterocycles. The van der Waals surface area contributed by atoms with Crippen LogP contribution in [0.2, 0.25) is 5.02 Å². The topological polar surface area (TPSA) is 26.0 Å². The lowest BCUT2D eigenvalue weighted by molar-refractivity contribution is 0.734. The minimum atomic E-state index is 0.606. The Labute approximate surface area is 114 Å². The largest absolute Gasteiger partial charge is 0.398 e. The maximum atomic E-state index is 6.04. The Bertz CT molecular complexity index is 531. The van der Waals surface area contributed by atoms with E-state index in [2.05, 4.69) is 38.1 Å². The molecular weight excluding hydrogens is 242 g/mol. The molecule has 2 heteroatoms. The molecule has 0 radical (unpaired) electrons. The van der Waals surface area contributed by atoms with E-state index in [-0.39, 0.29) is 0 Å². The molecule has 1 unspecified atom stereocenters. The molecule has 0 aromatic heterocycles. The summed E-state index contributed by atoms with van der Waals surface area (Å²) in [6.45, 7) is 4.45. The number of hydrogen-bond donors (Lipinski definition) is 1. The summed E-state index contributed by atoms with van der Waals surface area (Å²) in [5.41, 5.74) is 9.99. The summed E-state index contributed by atoms with van der Waals surface area (Å²) in [6, 6.07) is 14.4. The van der Waals surface area contributed by atoms with Crippen LogP contribution in [0.25, 0.3) is 11.1 Å². The SMILES string of the molecule is CCC(C)c1ccc(-c2ccc(N)c(Cl)c2)cc1. The van der Waals surface area contributed by atoms with Gasteiger partial charge in [-0.1, -0.05) is 55.8 Å². The zero-order chi connectivity index (χ0) is 13.1. The summed E-state index contributed by atoms with van der Waals surface area (Å²) in [5, 5.41) is 0.610. The van der Waals surface area contributed by atoms with Crippen molar-refractivity contribution in [1.29, 1.82) is 0 Å². The van der Waals surface area contributed by atoms with Gasteiger partial charge in [-0.25, -0.2) is 0 Å². The van der Waals surface area contributed by atoms with Gasteiger partial charge in [-0.15, -0.1) is 0 Å². The highest BCUT2D eigenvalue weighted by Crippen LogP contribution is 2.28. The van der Waals surface area contributed by atoms with Gasteiger partial charge in [-0.2, -0.15) is 0 Å². The molecule has 0 fully saturated rings. The van der Waals surface area contributed by atoms with Crippen LogP contribution < -0.4 is 5.73 Å². The van der Waals surface area contributed by atoms with Crippen molar-refractivity contribution in [2.75, 3.05) is 5.73 Å². The molecule has 2 rings (SSSR count). The number of benzene rings is 2. The molecular formula is C16H18ClN. The van der Waals surface area contributed by atoms with Gasteiger partial charge >= 0.3 is 0 Å². The van der Waals surface area contributed by atoms with E-state index in [1.807, 2.05) is 18.2 Å². The number of hydrogen-bond acceptors (Lipinski definition) is 1. The fourth-order valence-corrected chi connectivity index (χ4v) is 2.13. The molecule has 1 atom stereocenters. The summed E-state index contributed by atoms with van der Waals surface area (Å²) in [5.74, 6) is 0.606. The second-order valence-electron chi connectivity index (χ2n) is 4.67. The standard InChI is InChI=1S/C16H18ClN/c1-3-11(2)12-4-6-13(7-5-12)14-8-9-16(18)15(17)10-14/h4-11H,3,18H2,1-2H3. The highest BCUT2D eigenvalue weighted by Gasteiger charge is 2.04. The number of rotatable bonds is 3. The van der Waals surface area contributed by atoms with E-state index in [4.69, 9.17) is 17.3 Å². The van der Waals surface area contributed by atoms with Gasteiger partial charge in [0.1, 0.15) is 0 Å². The monoisotopic (exact) mass is 259 g/mol. The first-order valence-electron chi connectivity index (χ1n) is 6.27. The lowest BCUT2D eigenvalue weighted by Crippen LogP contribution is -1.91. The van der Waals surface area contributed by atoms with E-state index < -0.39 is 0 Å². The van der Waals surface area contributed by atoms with Crippen LogP contribution in [0.5, 0.6) is 0 Å². The van der Waals surface area contributed by atoms with E-state index in [1.54, 1.807) is 0 Å². The van der Waals surface area contributed by atoms with Gasteiger partial charge in [0.15, 0.2) is 0 Å². The zero-order valence-corrected chi connectivity index (χ0v) is 11.5. The average Bonchev–Trinajstić information content (AvgIpc) is 2.41. The highest BCUT2D eigenvalue weighted by atomic mass is 35.5. The van der Waals surface area contributed by atoms with Crippen LogP contribution in [-0.4, -0.2) is 0 Å². The van der Waals surface area contributed by atoms with Crippen LogP contribution in [0.1, 0.15) is 31.7 Å². The Hall–Kier alpha value is -1.47. The number of anilines is 1. The van der Waals surface area contributed by atoms with Gasteiger partial charge in [0.05, 0.1) is 10.7 Å². The van der Waals surface area contributed by atoms with Gasteiger partial charge in [0, 0.05) is 0 Å². The molecule has 0 saturated carbocycles. The second-order valence-corrected chi connectivity index (χ2v) is 5.07. The first kappa shape index (κ1) is 13.0. The van der Waals surface area contributed by atoms with Crippen molar-refractivity contribution in [3.63, 3.8) is 0 Å². The van der Waals surface area contributed by atoms with Crippen molar-refractivity contribution in [2.24, 2.45) is 0 Å². The van der Waals surface area contributed by atoms with Crippen molar-refractivity contribution >= 4 is 17.3 Å². The Balaban J connectivity index is 2.31. The van der Waals surface area contributed by atoms with Crippen molar-refractivity contribution in [3.8, 4) is 11.1 Å². The predicted molar refractivity (Wildman–Crippen MR) is 80.0 cm³/mol. The van der Waals surface area contributed by atoms with Gasteiger partial charge in [-0.3, -0.25) is 0 Å². The van der Waals surface area contributed by atoms with Crippen molar-refractivity contribution in [1.82, 2.24) is 0 Å². The summed E-state index contributed by atoms with van der Waals surface area (Å²) >= 11 is 6.04. The van der Waals surface area contributed by atoms with E-state index >= 15 is 0 Å². The molecule has 0 aliphatic heterocycles. The first-order valence-corrected chi connectivity index (χ1v) is 6.65. The third kappa shape index (κ3) is 2.68. The van der Waals surface area contributed by atoms with Gasteiger partial charge in [0.2, 0.25) is 0 Å². The van der Waals surface area contributed by atoms with Gasteiger partial charge in [-0.05, 0) is 41.2 Å². The minimum absolute atomic E-state index is 0.606. The quantitative estimate of drug-likeness (QED) is 0.762. The van der Waals surface area contributed by atoms with Crippen molar-refractivity contribution in [2.45, 2.75) is 26.2 Å².